The lowest BCUT2D eigenvalue weighted by molar-refractivity contribution is 0.0697. The first-order valence-corrected chi connectivity index (χ1v) is 6.10. The van der Waals surface area contributed by atoms with E-state index < -0.39 is 5.97 Å². The molecule has 2 aromatic carbocycles. The second kappa shape index (κ2) is 5.19. The Balaban J connectivity index is 2.62. The monoisotopic (exact) mass is 300 g/mol. The van der Waals surface area contributed by atoms with E-state index in [9.17, 15) is 4.79 Å². The molecule has 0 atom stereocenters. The molecule has 0 amide bonds. The maximum Gasteiger partial charge on any atom is 0.335 e. The summed E-state index contributed by atoms with van der Waals surface area (Å²) in [5.41, 5.74) is 1.42. The minimum absolute atomic E-state index is 0.158. The molecule has 18 heavy (non-hydrogen) atoms. The van der Waals surface area contributed by atoms with Gasteiger partial charge in [0.25, 0.3) is 0 Å². The van der Waals surface area contributed by atoms with Crippen molar-refractivity contribution in [1.29, 1.82) is 0 Å². The lowest BCUT2D eigenvalue weighted by Gasteiger charge is -2.07. The predicted octanol–water partition coefficient (Wildman–Crippen LogP) is 5.01. The molecule has 0 fully saturated rings. The van der Waals surface area contributed by atoms with Crippen molar-refractivity contribution in [2.45, 2.75) is 0 Å². The molecule has 2 nitrogen and oxygen atoms in total. The van der Waals surface area contributed by atoms with Crippen molar-refractivity contribution in [3.63, 3.8) is 0 Å². The van der Waals surface area contributed by atoms with Gasteiger partial charge in [-0.05, 0) is 42.0 Å². The summed E-state index contributed by atoms with van der Waals surface area (Å²) in [6.07, 6.45) is 0. The molecule has 0 unspecified atom stereocenters. The quantitative estimate of drug-likeness (QED) is 0.846. The summed E-state index contributed by atoms with van der Waals surface area (Å²) >= 11 is 17.9. The Morgan fingerprint density at radius 3 is 2.11 bits per heavy atom. The van der Waals surface area contributed by atoms with Gasteiger partial charge in [-0.3, -0.25) is 0 Å². The normalized spacial score (nSPS) is 10.4. The fraction of sp³-hybridized carbons (Fsp3) is 0. The molecule has 2 rings (SSSR count). The third-order valence-electron chi connectivity index (χ3n) is 2.39. The van der Waals surface area contributed by atoms with Gasteiger partial charge < -0.3 is 5.11 Å². The number of aromatic carboxylic acids is 1. The molecule has 0 saturated heterocycles. The van der Waals surface area contributed by atoms with Gasteiger partial charge in [0.05, 0.1) is 5.56 Å². The van der Waals surface area contributed by atoms with Gasteiger partial charge in [-0.1, -0.05) is 34.8 Å². The van der Waals surface area contributed by atoms with Gasteiger partial charge in [0.1, 0.15) is 0 Å². The zero-order valence-electron chi connectivity index (χ0n) is 8.95. The summed E-state index contributed by atoms with van der Waals surface area (Å²) in [7, 11) is 0. The molecular weight excluding hydrogens is 294 g/mol. The smallest absolute Gasteiger partial charge is 0.335 e. The van der Waals surface area contributed by atoms with E-state index in [1.165, 1.54) is 18.2 Å². The maximum atomic E-state index is 10.9. The zero-order valence-corrected chi connectivity index (χ0v) is 11.2. The second-order valence-electron chi connectivity index (χ2n) is 3.66. The highest BCUT2D eigenvalue weighted by Gasteiger charge is 2.10. The Morgan fingerprint density at radius 1 is 0.944 bits per heavy atom. The van der Waals surface area contributed by atoms with Gasteiger partial charge in [-0.25, -0.2) is 4.79 Å². The first-order chi connectivity index (χ1) is 8.47. The van der Waals surface area contributed by atoms with Crippen LogP contribution in [0.3, 0.4) is 0 Å². The van der Waals surface area contributed by atoms with E-state index in [0.29, 0.717) is 26.2 Å². The van der Waals surface area contributed by atoms with Crippen LogP contribution in [-0.4, -0.2) is 11.1 Å². The fourth-order valence-electron chi connectivity index (χ4n) is 1.59. The van der Waals surface area contributed by atoms with Crippen LogP contribution >= 0.6 is 34.8 Å². The number of hydrogen-bond acceptors (Lipinski definition) is 1. The number of hydrogen-bond donors (Lipinski definition) is 1. The van der Waals surface area contributed by atoms with E-state index in [1.807, 2.05) is 0 Å². The summed E-state index contributed by atoms with van der Waals surface area (Å²) in [5, 5.41) is 10.3. The standard InChI is InChI=1S/C13H7Cl3O2/c14-9-3-8(4-10(15)6-9)11-5-7(13(17)18)1-2-12(11)16/h1-6H,(H,17,18). The van der Waals surface area contributed by atoms with E-state index in [-0.39, 0.29) is 5.56 Å². The van der Waals surface area contributed by atoms with Crippen molar-refractivity contribution in [2.75, 3.05) is 0 Å². The SMILES string of the molecule is O=C(O)c1ccc(Cl)c(-c2cc(Cl)cc(Cl)c2)c1. The fourth-order valence-corrected chi connectivity index (χ4v) is 2.34. The van der Waals surface area contributed by atoms with E-state index in [1.54, 1.807) is 18.2 Å². The van der Waals surface area contributed by atoms with Gasteiger partial charge in [0.15, 0.2) is 0 Å². The zero-order chi connectivity index (χ0) is 13.3. The van der Waals surface area contributed by atoms with Crippen LogP contribution < -0.4 is 0 Å². The minimum atomic E-state index is -1.01. The highest BCUT2D eigenvalue weighted by Crippen LogP contribution is 2.32. The summed E-state index contributed by atoms with van der Waals surface area (Å²) in [6, 6.07) is 9.43. The van der Waals surface area contributed by atoms with Crippen LogP contribution in [0.15, 0.2) is 36.4 Å². The van der Waals surface area contributed by atoms with Gasteiger partial charge >= 0.3 is 5.97 Å². The first-order valence-electron chi connectivity index (χ1n) is 4.96. The lowest BCUT2D eigenvalue weighted by atomic mass is 10.0. The van der Waals surface area contributed by atoms with Crippen molar-refractivity contribution in [3.8, 4) is 11.1 Å². The molecule has 0 aliphatic rings. The number of carboxylic acids is 1. The van der Waals surface area contributed by atoms with Crippen LogP contribution in [-0.2, 0) is 0 Å². The number of rotatable bonds is 2. The number of carboxylic acid groups (broad SMARTS) is 1. The molecule has 2 aromatic rings. The molecule has 0 aliphatic heterocycles. The minimum Gasteiger partial charge on any atom is -0.478 e. The Bertz CT molecular complexity index is 603. The molecule has 0 aromatic heterocycles. The molecule has 0 saturated carbocycles. The van der Waals surface area contributed by atoms with Crippen molar-refractivity contribution in [3.05, 3.63) is 57.0 Å². The summed E-state index contributed by atoms with van der Waals surface area (Å²) in [6.45, 7) is 0. The van der Waals surface area contributed by atoms with Crippen LogP contribution in [0.2, 0.25) is 15.1 Å². The van der Waals surface area contributed by atoms with E-state index in [4.69, 9.17) is 39.9 Å². The van der Waals surface area contributed by atoms with Gasteiger partial charge in [0, 0.05) is 20.6 Å². The summed E-state index contributed by atoms with van der Waals surface area (Å²) in [5.74, 6) is -1.01. The molecule has 0 bridgehead atoms. The lowest BCUT2D eigenvalue weighted by Crippen LogP contribution is -1.96. The molecule has 0 spiro atoms. The van der Waals surface area contributed by atoms with E-state index in [0.717, 1.165) is 0 Å². The first kappa shape index (κ1) is 13.2. The third kappa shape index (κ3) is 2.78. The number of benzene rings is 2. The van der Waals surface area contributed by atoms with Gasteiger partial charge in [-0.15, -0.1) is 0 Å². The predicted molar refractivity (Wildman–Crippen MR) is 73.9 cm³/mol. The molecule has 0 radical (unpaired) electrons. The Labute approximate surface area is 119 Å². The molecular formula is C13H7Cl3O2. The van der Waals surface area contributed by atoms with Crippen LogP contribution in [0.4, 0.5) is 0 Å². The molecule has 0 heterocycles. The molecule has 0 aliphatic carbocycles. The number of carbonyl (C=O) groups is 1. The average molecular weight is 302 g/mol. The van der Waals surface area contributed by atoms with Crippen molar-refractivity contribution >= 4 is 40.8 Å². The number of halogens is 3. The second-order valence-corrected chi connectivity index (χ2v) is 4.94. The molecule has 5 heteroatoms. The highest BCUT2D eigenvalue weighted by atomic mass is 35.5. The van der Waals surface area contributed by atoms with Crippen LogP contribution in [0.25, 0.3) is 11.1 Å². The van der Waals surface area contributed by atoms with Crippen LogP contribution in [0, 0.1) is 0 Å². The summed E-state index contributed by atoms with van der Waals surface area (Å²) < 4.78 is 0. The topological polar surface area (TPSA) is 37.3 Å². The van der Waals surface area contributed by atoms with Crippen LogP contribution in [0.5, 0.6) is 0 Å². The van der Waals surface area contributed by atoms with E-state index in [2.05, 4.69) is 0 Å². The molecule has 1 N–H and O–H groups in total. The van der Waals surface area contributed by atoms with Crippen molar-refractivity contribution in [2.24, 2.45) is 0 Å². The van der Waals surface area contributed by atoms with Crippen LogP contribution in [0.1, 0.15) is 10.4 Å². The highest BCUT2D eigenvalue weighted by molar-refractivity contribution is 6.36. The largest absolute Gasteiger partial charge is 0.478 e. The third-order valence-corrected chi connectivity index (χ3v) is 3.15. The van der Waals surface area contributed by atoms with Gasteiger partial charge in [-0.2, -0.15) is 0 Å². The van der Waals surface area contributed by atoms with Gasteiger partial charge in [0.2, 0.25) is 0 Å². The Hall–Kier alpha value is -1.22. The average Bonchev–Trinajstić information content (AvgIpc) is 2.27. The Morgan fingerprint density at radius 2 is 1.56 bits per heavy atom. The maximum absolute atomic E-state index is 10.9. The molecule has 92 valence electrons. The van der Waals surface area contributed by atoms with E-state index >= 15 is 0 Å². The van der Waals surface area contributed by atoms with Crippen molar-refractivity contribution < 1.29 is 9.90 Å². The van der Waals surface area contributed by atoms with Crippen molar-refractivity contribution in [1.82, 2.24) is 0 Å². The Kier molecular flexibility index (Phi) is 3.81. The summed E-state index contributed by atoms with van der Waals surface area (Å²) in [4.78, 5) is 10.9.